The summed E-state index contributed by atoms with van der Waals surface area (Å²) in [7, 11) is 0. The van der Waals surface area contributed by atoms with Crippen molar-refractivity contribution in [1.82, 2.24) is 0 Å². The van der Waals surface area contributed by atoms with Crippen molar-refractivity contribution < 1.29 is 10.2 Å². The molecule has 0 saturated carbocycles. The minimum atomic E-state index is -0.388. The third-order valence-corrected chi connectivity index (χ3v) is 4.47. The summed E-state index contributed by atoms with van der Waals surface area (Å²) in [5.41, 5.74) is 3.37. The van der Waals surface area contributed by atoms with Gasteiger partial charge in [-0.15, -0.1) is 0 Å². The van der Waals surface area contributed by atoms with Crippen LogP contribution in [0.5, 0.6) is 0 Å². The van der Waals surface area contributed by atoms with Gasteiger partial charge in [0.25, 0.3) is 0 Å². The van der Waals surface area contributed by atoms with Crippen molar-refractivity contribution in [2.75, 3.05) is 0 Å². The normalized spacial score (nSPS) is 38.2. The summed E-state index contributed by atoms with van der Waals surface area (Å²) in [6.45, 7) is 8.48. The average molecular weight is 236 g/mol. The van der Waals surface area contributed by atoms with Gasteiger partial charge in [-0.2, -0.15) is 0 Å². The van der Waals surface area contributed by atoms with Crippen LogP contribution in [0.4, 0.5) is 0 Å². The quantitative estimate of drug-likeness (QED) is 0.687. The van der Waals surface area contributed by atoms with Gasteiger partial charge in [0, 0.05) is 5.92 Å². The van der Waals surface area contributed by atoms with Gasteiger partial charge in [-0.3, -0.25) is 0 Å². The minimum absolute atomic E-state index is 0.335. The first-order valence-electron chi connectivity index (χ1n) is 6.65. The van der Waals surface area contributed by atoms with Crippen LogP contribution < -0.4 is 0 Å². The maximum atomic E-state index is 10.3. The lowest BCUT2D eigenvalue weighted by Gasteiger charge is -2.42. The highest BCUT2D eigenvalue weighted by Gasteiger charge is 2.39. The SMILES string of the molecule is CC1=C[C@@H]2C(=C(C)[C@@H](O)C[C@H]2C(C)C)[C@H](O)C1. The maximum Gasteiger partial charge on any atom is 0.0796 e. The lowest BCUT2D eigenvalue weighted by atomic mass is 9.65. The molecule has 0 heterocycles. The van der Waals surface area contributed by atoms with Gasteiger partial charge in [-0.1, -0.05) is 25.5 Å². The van der Waals surface area contributed by atoms with E-state index in [1.807, 2.05) is 6.92 Å². The minimum Gasteiger partial charge on any atom is -0.389 e. The molecule has 0 aliphatic heterocycles. The molecule has 0 amide bonds. The largest absolute Gasteiger partial charge is 0.389 e. The van der Waals surface area contributed by atoms with Gasteiger partial charge in [-0.25, -0.2) is 0 Å². The van der Waals surface area contributed by atoms with Gasteiger partial charge in [0.1, 0.15) is 0 Å². The summed E-state index contributed by atoms with van der Waals surface area (Å²) in [6.07, 6.45) is 3.10. The van der Waals surface area contributed by atoms with Gasteiger partial charge in [0.05, 0.1) is 12.2 Å². The lowest BCUT2D eigenvalue weighted by molar-refractivity contribution is 0.102. The van der Waals surface area contributed by atoms with Crippen LogP contribution in [0.1, 0.15) is 40.5 Å². The van der Waals surface area contributed by atoms with Crippen LogP contribution >= 0.6 is 0 Å². The standard InChI is InChI=1S/C15H24O2/c1-8(2)11-7-13(16)10(4)15-12(11)5-9(3)6-14(15)17/h5,8,11-14,16-17H,6-7H2,1-4H3/t11-,12-,13-,14+/m0/s1. The molecule has 0 radical (unpaired) electrons. The molecule has 2 aliphatic rings. The second-order valence-electron chi connectivity index (χ2n) is 6.06. The Bertz CT molecular complexity index is 365. The Labute approximate surface area is 104 Å². The maximum absolute atomic E-state index is 10.3. The van der Waals surface area contributed by atoms with Crippen molar-refractivity contribution in [2.45, 2.75) is 52.7 Å². The first-order valence-corrected chi connectivity index (χ1v) is 6.65. The van der Waals surface area contributed by atoms with Crippen LogP contribution in [0.25, 0.3) is 0 Å². The number of allylic oxidation sites excluding steroid dienone is 1. The average Bonchev–Trinajstić information content (AvgIpc) is 2.21. The molecule has 0 spiro atoms. The van der Waals surface area contributed by atoms with Crippen molar-refractivity contribution in [1.29, 1.82) is 0 Å². The second-order valence-corrected chi connectivity index (χ2v) is 6.06. The Morgan fingerprint density at radius 1 is 1.18 bits per heavy atom. The zero-order valence-corrected chi connectivity index (χ0v) is 11.3. The summed E-state index contributed by atoms with van der Waals surface area (Å²) >= 11 is 0. The molecule has 2 heteroatoms. The first-order chi connectivity index (χ1) is 7.91. The van der Waals surface area contributed by atoms with Crippen LogP contribution in [-0.2, 0) is 0 Å². The summed E-state index contributed by atoms with van der Waals surface area (Å²) in [5, 5.41) is 20.4. The number of aliphatic hydroxyl groups excluding tert-OH is 2. The molecule has 0 unspecified atom stereocenters. The fraction of sp³-hybridized carbons (Fsp3) is 0.733. The predicted octanol–water partition coefficient (Wildman–Crippen LogP) is 2.67. The summed E-state index contributed by atoms with van der Waals surface area (Å²) in [6, 6.07) is 0. The van der Waals surface area contributed by atoms with E-state index < -0.39 is 0 Å². The number of hydrogen-bond acceptors (Lipinski definition) is 2. The fourth-order valence-corrected chi connectivity index (χ4v) is 3.44. The third-order valence-electron chi connectivity index (χ3n) is 4.47. The van der Waals surface area contributed by atoms with Crippen LogP contribution in [0, 0.1) is 17.8 Å². The van der Waals surface area contributed by atoms with Crippen molar-refractivity contribution >= 4 is 0 Å². The van der Waals surface area contributed by atoms with E-state index in [9.17, 15) is 10.2 Å². The van der Waals surface area contributed by atoms with Crippen LogP contribution in [-0.4, -0.2) is 22.4 Å². The Morgan fingerprint density at radius 2 is 1.82 bits per heavy atom. The van der Waals surface area contributed by atoms with Crippen LogP contribution in [0.3, 0.4) is 0 Å². The fourth-order valence-electron chi connectivity index (χ4n) is 3.44. The van der Waals surface area contributed by atoms with E-state index in [4.69, 9.17) is 0 Å². The van der Waals surface area contributed by atoms with Crippen LogP contribution in [0.2, 0.25) is 0 Å². The van der Waals surface area contributed by atoms with Gasteiger partial charge < -0.3 is 10.2 Å². The van der Waals surface area contributed by atoms with Crippen LogP contribution in [0.15, 0.2) is 22.8 Å². The molecule has 2 rings (SSSR count). The molecule has 0 fully saturated rings. The Hall–Kier alpha value is -0.600. The summed E-state index contributed by atoms with van der Waals surface area (Å²) in [5.74, 6) is 1.32. The van der Waals surface area contributed by atoms with E-state index in [2.05, 4.69) is 26.8 Å². The third kappa shape index (κ3) is 2.21. The number of rotatable bonds is 1. The highest BCUT2D eigenvalue weighted by Crippen LogP contribution is 2.44. The molecular weight excluding hydrogens is 212 g/mol. The van der Waals surface area contributed by atoms with Crippen molar-refractivity contribution in [3.05, 3.63) is 22.8 Å². The highest BCUT2D eigenvalue weighted by atomic mass is 16.3. The molecule has 0 aromatic heterocycles. The van der Waals surface area contributed by atoms with Gasteiger partial charge in [0.15, 0.2) is 0 Å². The summed E-state index contributed by atoms with van der Waals surface area (Å²) in [4.78, 5) is 0. The highest BCUT2D eigenvalue weighted by molar-refractivity contribution is 5.35. The Balaban J connectivity index is 2.45. The Kier molecular flexibility index (Phi) is 3.46. The van der Waals surface area contributed by atoms with Gasteiger partial charge in [0.2, 0.25) is 0 Å². The number of aliphatic hydroxyl groups is 2. The molecular formula is C15H24O2. The molecule has 17 heavy (non-hydrogen) atoms. The second kappa shape index (κ2) is 4.58. The van der Waals surface area contributed by atoms with Gasteiger partial charge in [-0.05, 0) is 49.7 Å². The van der Waals surface area contributed by atoms with Gasteiger partial charge >= 0.3 is 0 Å². The smallest absolute Gasteiger partial charge is 0.0796 e. The monoisotopic (exact) mass is 236 g/mol. The molecule has 2 nitrogen and oxygen atoms in total. The molecule has 2 N–H and O–H groups in total. The number of hydrogen-bond donors (Lipinski definition) is 2. The van der Waals surface area contributed by atoms with E-state index in [0.29, 0.717) is 17.8 Å². The van der Waals surface area contributed by atoms with E-state index in [1.54, 1.807) is 0 Å². The molecule has 2 aliphatic carbocycles. The molecule has 0 bridgehead atoms. The van der Waals surface area contributed by atoms with Crippen molar-refractivity contribution in [3.63, 3.8) is 0 Å². The van der Waals surface area contributed by atoms with E-state index >= 15 is 0 Å². The summed E-state index contributed by atoms with van der Waals surface area (Å²) < 4.78 is 0. The zero-order valence-electron chi connectivity index (χ0n) is 11.3. The molecule has 4 atom stereocenters. The Morgan fingerprint density at radius 3 is 2.41 bits per heavy atom. The first kappa shape index (κ1) is 12.8. The predicted molar refractivity (Wildman–Crippen MR) is 69.5 cm³/mol. The van der Waals surface area contributed by atoms with Crippen molar-refractivity contribution in [2.24, 2.45) is 17.8 Å². The van der Waals surface area contributed by atoms with E-state index in [1.165, 1.54) is 5.57 Å². The zero-order chi connectivity index (χ0) is 12.7. The van der Waals surface area contributed by atoms with E-state index in [0.717, 1.165) is 24.0 Å². The molecule has 96 valence electrons. The number of fused-ring (bicyclic) bond motifs is 1. The topological polar surface area (TPSA) is 40.5 Å². The van der Waals surface area contributed by atoms with E-state index in [-0.39, 0.29) is 12.2 Å². The molecule has 0 aromatic rings. The lowest BCUT2D eigenvalue weighted by Crippen LogP contribution is -2.38. The molecule has 0 aromatic carbocycles. The molecule has 0 saturated heterocycles. The van der Waals surface area contributed by atoms with Crippen molar-refractivity contribution in [3.8, 4) is 0 Å².